The van der Waals surface area contributed by atoms with Crippen molar-refractivity contribution in [2.75, 3.05) is 11.4 Å². The van der Waals surface area contributed by atoms with Gasteiger partial charge in [0.2, 0.25) is 5.91 Å². The van der Waals surface area contributed by atoms with E-state index in [0.717, 1.165) is 24.0 Å². The summed E-state index contributed by atoms with van der Waals surface area (Å²) >= 11 is 6.00. The largest absolute Gasteiger partial charge is 0.308 e. The highest BCUT2D eigenvalue weighted by Crippen LogP contribution is 2.36. The number of carbonyl (C=O) groups excluding carboxylic acids is 1. The number of hydrogen-bond donors (Lipinski definition) is 0. The maximum absolute atomic E-state index is 12.3. The summed E-state index contributed by atoms with van der Waals surface area (Å²) < 4.78 is 0. The van der Waals surface area contributed by atoms with E-state index in [2.05, 4.69) is 12.2 Å². The molecule has 1 aromatic rings. The molecule has 22 heavy (non-hydrogen) atoms. The lowest BCUT2D eigenvalue weighted by atomic mass is 9.98. The van der Waals surface area contributed by atoms with Crippen LogP contribution in [-0.4, -0.2) is 17.4 Å². The third-order valence-corrected chi connectivity index (χ3v) is 4.26. The van der Waals surface area contributed by atoms with E-state index >= 15 is 0 Å². The molecule has 0 unspecified atom stereocenters. The number of nitro benzene ring substituents is 1. The molecule has 114 valence electrons. The summed E-state index contributed by atoms with van der Waals surface area (Å²) in [5.41, 5.74) is 2.47. The van der Waals surface area contributed by atoms with E-state index in [1.165, 1.54) is 6.07 Å². The van der Waals surface area contributed by atoms with Gasteiger partial charge in [0, 0.05) is 18.2 Å². The highest BCUT2D eigenvalue weighted by atomic mass is 35.5. The molecule has 1 aliphatic carbocycles. The van der Waals surface area contributed by atoms with Crippen molar-refractivity contribution < 1.29 is 9.72 Å². The lowest BCUT2D eigenvalue weighted by Crippen LogP contribution is -2.36. The number of hydrogen-bond acceptors (Lipinski definition) is 3. The van der Waals surface area contributed by atoms with Crippen LogP contribution in [0.15, 0.2) is 35.9 Å². The number of carbonyl (C=O) groups is 1. The second-order valence-corrected chi connectivity index (χ2v) is 5.84. The predicted molar refractivity (Wildman–Crippen MR) is 85.2 cm³/mol. The summed E-state index contributed by atoms with van der Waals surface area (Å²) in [6.07, 6.45) is 9.11. The summed E-state index contributed by atoms with van der Waals surface area (Å²) in [6.45, 7) is 0.483. The Kier molecular flexibility index (Phi) is 3.98. The summed E-state index contributed by atoms with van der Waals surface area (Å²) in [7, 11) is 0. The monoisotopic (exact) mass is 318 g/mol. The molecular formula is C16H15ClN2O3. The molecule has 0 aromatic heterocycles. The lowest BCUT2D eigenvalue weighted by Gasteiger charge is -2.30. The Bertz CT molecular complexity index is 710. The van der Waals surface area contributed by atoms with Crippen LogP contribution in [0.1, 0.15) is 24.8 Å². The van der Waals surface area contributed by atoms with Crippen LogP contribution in [-0.2, 0) is 11.2 Å². The zero-order valence-corrected chi connectivity index (χ0v) is 12.7. The first-order chi connectivity index (χ1) is 10.6. The van der Waals surface area contributed by atoms with Gasteiger partial charge in [-0.05, 0) is 36.5 Å². The molecule has 0 saturated heterocycles. The number of aryl methyl sites for hydroxylation is 1. The first-order valence-electron chi connectivity index (χ1n) is 7.19. The van der Waals surface area contributed by atoms with Crippen LogP contribution in [0.2, 0.25) is 5.02 Å². The Labute approximate surface area is 133 Å². The number of nitrogens with zero attached hydrogens (tertiary/aromatic N) is 2. The predicted octanol–water partition coefficient (Wildman–Crippen LogP) is 3.80. The minimum atomic E-state index is -0.490. The van der Waals surface area contributed by atoms with Gasteiger partial charge in [0.05, 0.1) is 11.5 Å². The topological polar surface area (TPSA) is 63.4 Å². The maximum Gasteiger partial charge on any atom is 0.288 e. The van der Waals surface area contributed by atoms with Crippen molar-refractivity contribution in [1.29, 1.82) is 0 Å². The Balaban J connectivity index is 1.97. The van der Waals surface area contributed by atoms with Crippen molar-refractivity contribution in [3.05, 3.63) is 56.6 Å². The van der Waals surface area contributed by atoms with Crippen LogP contribution in [0.4, 0.5) is 11.4 Å². The molecule has 0 fully saturated rings. The highest BCUT2D eigenvalue weighted by molar-refractivity contribution is 6.33. The zero-order valence-electron chi connectivity index (χ0n) is 11.9. The Morgan fingerprint density at radius 2 is 2.09 bits per heavy atom. The van der Waals surface area contributed by atoms with Crippen LogP contribution < -0.4 is 4.90 Å². The third-order valence-electron chi connectivity index (χ3n) is 3.96. The molecule has 1 aliphatic heterocycles. The van der Waals surface area contributed by atoms with Crippen LogP contribution in [0.5, 0.6) is 0 Å². The molecule has 0 bridgehead atoms. The van der Waals surface area contributed by atoms with E-state index in [-0.39, 0.29) is 16.6 Å². The molecule has 5 nitrogen and oxygen atoms in total. The zero-order chi connectivity index (χ0) is 15.7. The Morgan fingerprint density at radius 1 is 1.27 bits per heavy atom. The summed E-state index contributed by atoms with van der Waals surface area (Å²) in [4.78, 5) is 24.4. The average molecular weight is 319 g/mol. The number of amides is 1. The van der Waals surface area contributed by atoms with Crippen molar-refractivity contribution in [3.63, 3.8) is 0 Å². The van der Waals surface area contributed by atoms with Gasteiger partial charge >= 0.3 is 0 Å². The third kappa shape index (κ3) is 2.76. The number of nitro groups is 1. The van der Waals surface area contributed by atoms with Gasteiger partial charge in [-0.2, -0.15) is 0 Å². The van der Waals surface area contributed by atoms with E-state index in [0.29, 0.717) is 25.1 Å². The maximum atomic E-state index is 12.3. The van der Waals surface area contributed by atoms with Gasteiger partial charge in [0.1, 0.15) is 5.02 Å². The second-order valence-electron chi connectivity index (χ2n) is 5.43. The van der Waals surface area contributed by atoms with Gasteiger partial charge in [-0.3, -0.25) is 14.9 Å². The molecular weight excluding hydrogens is 304 g/mol. The van der Waals surface area contributed by atoms with Crippen LogP contribution in [0, 0.1) is 10.1 Å². The molecule has 1 aromatic carbocycles. The highest BCUT2D eigenvalue weighted by Gasteiger charge is 2.28. The molecule has 2 aliphatic rings. The first kappa shape index (κ1) is 14.8. The number of halogens is 1. The molecule has 0 saturated carbocycles. The lowest BCUT2D eigenvalue weighted by molar-refractivity contribution is -0.384. The molecule has 1 heterocycles. The van der Waals surface area contributed by atoms with E-state index in [4.69, 9.17) is 11.6 Å². The molecule has 6 heteroatoms. The minimum absolute atomic E-state index is 0.0253. The van der Waals surface area contributed by atoms with Crippen molar-refractivity contribution in [2.24, 2.45) is 0 Å². The summed E-state index contributed by atoms with van der Waals surface area (Å²) in [5, 5.41) is 11.1. The summed E-state index contributed by atoms with van der Waals surface area (Å²) in [5.74, 6) is 0.0253. The molecule has 0 N–H and O–H groups in total. The number of allylic oxidation sites excluding steroid dienone is 2. The van der Waals surface area contributed by atoms with E-state index in [1.807, 2.05) is 6.08 Å². The minimum Gasteiger partial charge on any atom is -0.308 e. The van der Waals surface area contributed by atoms with Gasteiger partial charge in [0.25, 0.3) is 5.69 Å². The smallest absolute Gasteiger partial charge is 0.288 e. The second kappa shape index (κ2) is 5.93. The normalized spacial score (nSPS) is 17.2. The van der Waals surface area contributed by atoms with Crippen molar-refractivity contribution in [1.82, 2.24) is 0 Å². The van der Waals surface area contributed by atoms with Crippen molar-refractivity contribution in [3.8, 4) is 0 Å². The van der Waals surface area contributed by atoms with Crippen molar-refractivity contribution in [2.45, 2.75) is 25.7 Å². The van der Waals surface area contributed by atoms with Crippen molar-refractivity contribution >= 4 is 28.9 Å². The van der Waals surface area contributed by atoms with Crippen LogP contribution >= 0.6 is 11.6 Å². The fourth-order valence-electron chi connectivity index (χ4n) is 2.84. The molecule has 0 atom stereocenters. The quantitative estimate of drug-likeness (QED) is 0.629. The standard InChI is InChI=1S/C16H15ClN2O3/c17-13-9-14-12(8-15(13)19(21)22)6-7-16(20)18(14)10-11-4-2-1-3-5-11/h2,4-5,8-9H,1,3,6-7,10H2. The molecule has 0 radical (unpaired) electrons. The van der Waals surface area contributed by atoms with E-state index in [9.17, 15) is 14.9 Å². The van der Waals surface area contributed by atoms with Gasteiger partial charge < -0.3 is 4.90 Å². The molecule has 3 rings (SSSR count). The summed E-state index contributed by atoms with van der Waals surface area (Å²) in [6, 6.07) is 3.03. The fourth-order valence-corrected chi connectivity index (χ4v) is 3.06. The fraction of sp³-hybridized carbons (Fsp3) is 0.312. The van der Waals surface area contributed by atoms with Gasteiger partial charge in [-0.25, -0.2) is 0 Å². The van der Waals surface area contributed by atoms with Crippen LogP contribution in [0.3, 0.4) is 0 Å². The van der Waals surface area contributed by atoms with E-state index < -0.39 is 4.92 Å². The first-order valence-corrected chi connectivity index (χ1v) is 7.57. The Hall–Kier alpha value is -2.14. The molecule has 1 amide bonds. The van der Waals surface area contributed by atoms with Gasteiger partial charge in [-0.15, -0.1) is 0 Å². The van der Waals surface area contributed by atoms with Gasteiger partial charge in [0.15, 0.2) is 0 Å². The van der Waals surface area contributed by atoms with E-state index in [1.54, 1.807) is 11.0 Å². The number of fused-ring (bicyclic) bond motifs is 1. The molecule has 0 spiro atoms. The number of rotatable bonds is 3. The van der Waals surface area contributed by atoms with Crippen LogP contribution in [0.25, 0.3) is 0 Å². The Morgan fingerprint density at radius 3 is 2.77 bits per heavy atom. The SMILES string of the molecule is O=C1CCc2cc([N+](=O)[O-])c(Cl)cc2N1CC1=CCCC=C1. The number of anilines is 1. The van der Waals surface area contributed by atoms with Gasteiger partial charge in [-0.1, -0.05) is 29.8 Å². The number of benzene rings is 1. The average Bonchev–Trinajstić information content (AvgIpc) is 2.51.